The lowest BCUT2D eigenvalue weighted by atomic mass is 10.1. The molecule has 122 valence electrons. The maximum Gasteiger partial charge on any atom is 0.255 e. The summed E-state index contributed by atoms with van der Waals surface area (Å²) in [6, 6.07) is 8.70. The fourth-order valence-electron chi connectivity index (χ4n) is 2.27. The van der Waals surface area contributed by atoms with Gasteiger partial charge in [-0.3, -0.25) is 4.79 Å². The molecule has 2 aromatic rings. The summed E-state index contributed by atoms with van der Waals surface area (Å²) in [5, 5.41) is 3.08. The van der Waals surface area contributed by atoms with E-state index in [0.29, 0.717) is 22.6 Å². The lowest BCUT2D eigenvalue weighted by Crippen LogP contribution is -2.27. The van der Waals surface area contributed by atoms with Crippen molar-refractivity contribution in [1.29, 1.82) is 0 Å². The van der Waals surface area contributed by atoms with E-state index in [4.69, 9.17) is 21.1 Å². The Hall–Kier alpha value is -2.27. The van der Waals surface area contributed by atoms with E-state index in [1.54, 1.807) is 31.2 Å². The smallest absolute Gasteiger partial charge is 0.255 e. The average Bonchev–Trinajstić information content (AvgIpc) is 2.53. The standard InChI is InChI=1S/C17H17ClFNO3/c1-10(12-8-7-11(19)9-14(12)18)20-17(21)13-5-4-6-15(22-2)16(13)23-3/h4-10H,1-3H3,(H,20,21). The fourth-order valence-corrected chi connectivity index (χ4v) is 2.60. The van der Waals surface area contributed by atoms with Crippen molar-refractivity contribution in [3.63, 3.8) is 0 Å². The van der Waals surface area contributed by atoms with Crippen LogP contribution < -0.4 is 14.8 Å². The van der Waals surface area contributed by atoms with Crippen molar-refractivity contribution in [1.82, 2.24) is 5.32 Å². The van der Waals surface area contributed by atoms with Crippen molar-refractivity contribution in [2.24, 2.45) is 0 Å². The average molecular weight is 338 g/mol. The summed E-state index contributed by atoms with van der Waals surface area (Å²) >= 11 is 6.02. The van der Waals surface area contributed by atoms with E-state index < -0.39 is 11.9 Å². The zero-order chi connectivity index (χ0) is 17.0. The van der Waals surface area contributed by atoms with Crippen molar-refractivity contribution < 1.29 is 18.7 Å². The van der Waals surface area contributed by atoms with Crippen molar-refractivity contribution >= 4 is 17.5 Å². The Balaban J connectivity index is 2.25. The molecule has 0 bridgehead atoms. The molecule has 0 aliphatic rings. The summed E-state index contributed by atoms with van der Waals surface area (Å²) in [6.07, 6.45) is 0. The van der Waals surface area contributed by atoms with Gasteiger partial charge in [0.05, 0.1) is 25.8 Å². The predicted octanol–water partition coefficient (Wildman–Crippen LogP) is 3.99. The molecule has 1 unspecified atom stereocenters. The van der Waals surface area contributed by atoms with Gasteiger partial charge >= 0.3 is 0 Å². The summed E-state index contributed by atoms with van der Waals surface area (Å²) in [6.45, 7) is 1.77. The minimum Gasteiger partial charge on any atom is -0.493 e. The van der Waals surface area contributed by atoms with Gasteiger partial charge in [-0.05, 0) is 36.8 Å². The molecular weight excluding hydrogens is 321 g/mol. The number of hydrogen-bond acceptors (Lipinski definition) is 3. The Kier molecular flexibility index (Phi) is 5.45. The number of carbonyl (C=O) groups excluding carboxylic acids is 1. The minimum atomic E-state index is -0.424. The molecule has 0 saturated carbocycles. The van der Waals surface area contributed by atoms with Crippen LogP contribution in [0, 0.1) is 5.82 Å². The third-order valence-electron chi connectivity index (χ3n) is 3.42. The highest BCUT2D eigenvalue weighted by Gasteiger charge is 2.19. The zero-order valence-corrected chi connectivity index (χ0v) is 13.8. The number of carbonyl (C=O) groups is 1. The molecule has 0 radical (unpaired) electrons. The second-order valence-electron chi connectivity index (χ2n) is 4.90. The molecule has 2 rings (SSSR count). The first-order valence-corrected chi connectivity index (χ1v) is 7.32. The van der Waals surface area contributed by atoms with Gasteiger partial charge in [0.25, 0.3) is 5.91 Å². The number of ether oxygens (including phenoxy) is 2. The molecule has 1 atom stereocenters. The third-order valence-corrected chi connectivity index (χ3v) is 3.75. The van der Waals surface area contributed by atoms with Crippen molar-refractivity contribution in [2.75, 3.05) is 14.2 Å². The van der Waals surface area contributed by atoms with Crippen LogP contribution in [0.1, 0.15) is 28.9 Å². The maximum atomic E-state index is 13.1. The summed E-state index contributed by atoms with van der Waals surface area (Å²) in [5.41, 5.74) is 0.972. The number of methoxy groups -OCH3 is 2. The van der Waals surface area contributed by atoms with Gasteiger partial charge in [-0.1, -0.05) is 23.7 Å². The van der Waals surface area contributed by atoms with Crippen LogP contribution in [0.2, 0.25) is 5.02 Å². The summed E-state index contributed by atoms with van der Waals surface area (Å²) in [7, 11) is 2.97. The number of rotatable bonds is 5. The maximum absolute atomic E-state index is 13.1. The molecule has 0 fully saturated rings. The van der Waals surface area contributed by atoms with E-state index in [0.717, 1.165) is 0 Å². The van der Waals surface area contributed by atoms with Crippen LogP contribution in [0.25, 0.3) is 0 Å². The van der Waals surface area contributed by atoms with E-state index in [1.165, 1.54) is 26.4 Å². The summed E-state index contributed by atoms with van der Waals surface area (Å²) in [4.78, 5) is 12.5. The van der Waals surface area contributed by atoms with Crippen LogP contribution in [0.4, 0.5) is 4.39 Å². The molecule has 1 N–H and O–H groups in total. The second-order valence-corrected chi connectivity index (χ2v) is 5.31. The van der Waals surface area contributed by atoms with Crippen LogP contribution in [-0.2, 0) is 0 Å². The Labute approximate surface area is 139 Å². The highest BCUT2D eigenvalue weighted by atomic mass is 35.5. The molecule has 23 heavy (non-hydrogen) atoms. The van der Waals surface area contributed by atoms with E-state index in [2.05, 4.69) is 5.32 Å². The molecular formula is C17H17ClFNO3. The highest BCUT2D eigenvalue weighted by Crippen LogP contribution is 2.31. The number of nitrogens with one attached hydrogen (secondary N) is 1. The Morgan fingerprint density at radius 3 is 2.57 bits per heavy atom. The quantitative estimate of drug-likeness (QED) is 0.897. The van der Waals surface area contributed by atoms with Gasteiger partial charge in [-0.15, -0.1) is 0 Å². The summed E-state index contributed by atoms with van der Waals surface area (Å²) < 4.78 is 23.6. The van der Waals surface area contributed by atoms with E-state index in [1.807, 2.05) is 0 Å². The van der Waals surface area contributed by atoms with Crippen LogP contribution in [-0.4, -0.2) is 20.1 Å². The van der Waals surface area contributed by atoms with Crippen LogP contribution in [0.5, 0.6) is 11.5 Å². The van der Waals surface area contributed by atoms with E-state index in [9.17, 15) is 9.18 Å². The second kappa shape index (κ2) is 7.33. The van der Waals surface area contributed by atoms with Crippen molar-refractivity contribution in [2.45, 2.75) is 13.0 Å². The first-order chi connectivity index (χ1) is 11.0. The predicted molar refractivity (Wildman–Crippen MR) is 86.8 cm³/mol. The fraction of sp³-hybridized carbons (Fsp3) is 0.235. The first kappa shape index (κ1) is 17.1. The molecule has 0 heterocycles. The number of amides is 1. The number of halogens is 2. The number of para-hydroxylation sites is 1. The molecule has 0 aromatic heterocycles. The molecule has 0 spiro atoms. The third kappa shape index (κ3) is 3.74. The Morgan fingerprint density at radius 1 is 1.22 bits per heavy atom. The van der Waals surface area contributed by atoms with Crippen molar-refractivity contribution in [3.05, 3.63) is 58.4 Å². The monoisotopic (exact) mass is 337 g/mol. The van der Waals surface area contributed by atoms with Crippen LogP contribution in [0.15, 0.2) is 36.4 Å². The number of benzene rings is 2. The van der Waals surface area contributed by atoms with Gasteiger partial charge in [0.2, 0.25) is 0 Å². The molecule has 0 saturated heterocycles. The Morgan fingerprint density at radius 2 is 1.96 bits per heavy atom. The molecule has 4 nitrogen and oxygen atoms in total. The van der Waals surface area contributed by atoms with Gasteiger partial charge in [0, 0.05) is 5.02 Å². The van der Waals surface area contributed by atoms with Crippen molar-refractivity contribution in [3.8, 4) is 11.5 Å². The highest BCUT2D eigenvalue weighted by molar-refractivity contribution is 6.31. The van der Waals surface area contributed by atoms with Gasteiger partial charge in [-0.2, -0.15) is 0 Å². The summed E-state index contributed by atoms with van der Waals surface area (Å²) in [5.74, 6) is 0.0536. The van der Waals surface area contributed by atoms with E-state index >= 15 is 0 Å². The van der Waals surface area contributed by atoms with Gasteiger partial charge < -0.3 is 14.8 Å². The molecule has 0 aliphatic carbocycles. The minimum absolute atomic E-state index is 0.260. The van der Waals surface area contributed by atoms with Gasteiger partial charge in [-0.25, -0.2) is 4.39 Å². The first-order valence-electron chi connectivity index (χ1n) is 6.94. The lowest BCUT2D eigenvalue weighted by molar-refractivity contribution is 0.0936. The lowest BCUT2D eigenvalue weighted by Gasteiger charge is -2.17. The topological polar surface area (TPSA) is 47.6 Å². The van der Waals surface area contributed by atoms with Crippen LogP contribution in [0.3, 0.4) is 0 Å². The molecule has 2 aromatic carbocycles. The SMILES string of the molecule is COc1cccc(C(=O)NC(C)c2ccc(F)cc2Cl)c1OC. The number of hydrogen-bond donors (Lipinski definition) is 1. The molecule has 6 heteroatoms. The zero-order valence-electron chi connectivity index (χ0n) is 13.0. The molecule has 1 amide bonds. The molecule has 0 aliphatic heterocycles. The van der Waals surface area contributed by atoms with Gasteiger partial charge in [0.1, 0.15) is 5.82 Å². The largest absolute Gasteiger partial charge is 0.493 e. The Bertz CT molecular complexity index is 721. The van der Waals surface area contributed by atoms with Gasteiger partial charge in [0.15, 0.2) is 11.5 Å². The van der Waals surface area contributed by atoms with E-state index in [-0.39, 0.29) is 10.9 Å². The van der Waals surface area contributed by atoms with Crippen LogP contribution >= 0.6 is 11.6 Å². The normalized spacial score (nSPS) is 11.7.